The van der Waals surface area contributed by atoms with Crippen LogP contribution in [-0.2, 0) is 4.79 Å². The molecule has 1 rings (SSSR count). The molecule has 0 aromatic carbocycles. The molecule has 0 unspecified atom stereocenters. The Hall–Kier alpha value is -1.63. The Bertz CT molecular complexity index is 239. The molecule has 0 spiro atoms. The first kappa shape index (κ1) is 8.47. The summed E-state index contributed by atoms with van der Waals surface area (Å²) >= 11 is 0. The number of carboxylic acids is 1. The summed E-state index contributed by atoms with van der Waals surface area (Å²) in [5, 5.41) is 23.3. The molecule has 0 aromatic rings. The smallest absolute Gasteiger partial charge is 0.0892 e. The van der Waals surface area contributed by atoms with Gasteiger partial charge in [0, 0.05) is 6.54 Å². The van der Waals surface area contributed by atoms with Crippen molar-refractivity contribution in [1.82, 2.24) is 10.3 Å². The van der Waals surface area contributed by atoms with Gasteiger partial charge in [-0.3, -0.25) is 5.01 Å². The lowest BCUT2D eigenvalue weighted by atomic mass is 10.4. The Balaban J connectivity index is 2.74. The molecular weight excluding hydrogens is 166 g/mol. The normalized spacial score (nSPS) is 15.8. The molecule has 12 heavy (non-hydrogen) atoms. The van der Waals surface area contributed by atoms with E-state index < -0.39 is 5.97 Å². The van der Waals surface area contributed by atoms with Crippen molar-refractivity contribution in [3.8, 4) is 0 Å². The van der Waals surface area contributed by atoms with Crippen LogP contribution in [0.2, 0.25) is 0 Å². The summed E-state index contributed by atoms with van der Waals surface area (Å²) in [6.45, 7) is 0.137. The van der Waals surface area contributed by atoms with Crippen molar-refractivity contribution in [3.63, 3.8) is 0 Å². The fourth-order valence-corrected chi connectivity index (χ4v) is 0.960. The molecule has 7 nitrogen and oxygen atoms in total. The Labute approximate surface area is 67.4 Å². The summed E-state index contributed by atoms with van der Waals surface area (Å²) < 4.78 is 0. The number of aliphatic carboxylic acids is 1. The van der Waals surface area contributed by atoms with E-state index in [1.165, 1.54) is 6.08 Å². The van der Waals surface area contributed by atoms with Gasteiger partial charge in [0.1, 0.15) is 0 Å². The minimum absolute atomic E-state index is 0.137. The number of hydrogen-bond acceptors (Lipinski definition) is 6. The second kappa shape index (κ2) is 3.18. The minimum Gasteiger partial charge on any atom is -0.719 e. The van der Waals surface area contributed by atoms with E-state index in [-0.39, 0.29) is 17.5 Å². The predicted molar refractivity (Wildman–Crippen MR) is 35.4 cm³/mol. The summed E-state index contributed by atoms with van der Waals surface area (Å²) in [4.78, 5) is 20.0. The summed E-state index contributed by atoms with van der Waals surface area (Å²) in [6, 6.07) is 0. The molecule has 0 aromatic heterocycles. The fourth-order valence-electron chi connectivity index (χ4n) is 0.960. The van der Waals surface area contributed by atoms with Gasteiger partial charge in [0.25, 0.3) is 0 Å². The number of carboxylic acid groups (broad SMARTS) is 1. The molecule has 0 bridgehead atoms. The van der Waals surface area contributed by atoms with Crippen molar-refractivity contribution in [1.29, 1.82) is 0 Å². The fraction of sp³-hybridized carbons (Fsp3) is 0.400. The number of rotatable bonds is 3. The third kappa shape index (κ3) is 1.35. The molecule has 1 aliphatic heterocycles. The zero-order valence-corrected chi connectivity index (χ0v) is 5.97. The van der Waals surface area contributed by atoms with E-state index >= 15 is 0 Å². The second-order valence-corrected chi connectivity index (χ2v) is 2.12. The van der Waals surface area contributed by atoms with E-state index in [0.717, 1.165) is 0 Å². The SMILES string of the molecule is O=NN([O-])N1CCC=C1C(=O)[O-]. The Kier molecular flexibility index (Phi) is 2.24. The number of nitrogens with zero attached hydrogens (tertiary/aromatic N) is 3. The van der Waals surface area contributed by atoms with E-state index in [2.05, 4.69) is 0 Å². The molecule has 0 atom stereocenters. The number of nitroso groups, excluding NO2 is 1. The molecule has 1 aliphatic rings. The lowest BCUT2D eigenvalue weighted by molar-refractivity contribution is -0.302. The van der Waals surface area contributed by atoms with Gasteiger partial charge in [0.2, 0.25) is 0 Å². The van der Waals surface area contributed by atoms with Crippen LogP contribution in [0.4, 0.5) is 0 Å². The number of carbonyl (C=O) groups is 1. The number of carbonyl (C=O) groups excluding carboxylic acids is 1. The summed E-state index contributed by atoms with van der Waals surface area (Å²) in [7, 11) is 0. The van der Waals surface area contributed by atoms with Gasteiger partial charge < -0.3 is 15.1 Å². The lowest BCUT2D eigenvalue weighted by Crippen LogP contribution is -2.39. The number of hydrogen-bond donors (Lipinski definition) is 0. The van der Waals surface area contributed by atoms with Crippen LogP contribution in [0.25, 0.3) is 0 Å². The van der Waals surface area contributed by atoms with Crippen molar-refractivity contribution in [2.75, 3.05) is 6.54 Å². The predicted octanol–water partition coefficient (Wildman–Crippen LogP) is -1.28. The van der Waals surface area contributed by atoms with Crippen molar-refractivity contribution in [2.24, 2.45) is 5.29 Å². The van der Waals surface area contributed by atoms with Crippen LogP contribution in [0.1, 0.15) is 6.42 Å². The van der Waals surface area contributed by atoms with Crippen LogP contribution in [0, 0.1) is 10.1 Å². The molecule has 0 radical (unpaired) electrons. The van der Waals surface area contributed by atoms with Crippen molar-refractivity contribution < 1.29 is 9.90 Å². The average Bonchev–Trinajstić information content (AvgIpc) is 2.50. The zero-order valence-electron chi connectivity index (χ0n) is 5.97. The molecule has 0 fully saturated rings. The van der Waals surface area contributed by atoms with E-state index in [0.29, 0.717) is 11.4 Å². The average molecular weight is 171 g/mol. The van der Waals surface area contributed by atoms with Gasteiger partial charge in [-0.05, 0) is 6.42 Å². The Morgan fingerprint density at radius 1 is 1.75 bits per heavy atom. The van der Waals surface area contributed by atoms with Crippen LogP contribution in [0.3, 0.4) is 0 Å². The maximum absolute atomic E-state index is 10.6. The summed E-state index contributed by atoms with van der Waals surface area (Å²) in [6.07, 6.45) is 1.68. The first-order valence-electron chi connectivity index (χ1n) is 3.16. The van der Waals surface area contributed by atoms with Gasteiger partial charge in [-0.15, -0.1) is 4.91 Å². The van der Waals surface area contributed by atoms with Crippen molar-refractivity contribution in [3.05, 3.63) is 21.9 Å². The van der Waals surface area contributed by atoms with E-state index in [4.69, 9.17) is 0 Å². The summed E-state index contributed by atoms with van der Waals surface area (Å²) in [5.41, 5.74) is -0.315. The molecule has 7 heteroatoms. The molecule has 0 N–H and O–H groups in total. The van der Waals surface area contributed by atoms with Crippen molar-refractivity contribution in [2.45, 2.75) is 6.42 Å². The van der Waals surface area contributed by atoms with Crippen LogP contribution in [0.15, 0.2) is 17.1 Å². The minimum atomic E-state index is -1.49. The second-order valence-electron chi connectivity index (χ2n) is 2.12. The molecule has 0 saturated carbocycles. The highest BCUT2D eigenvalue weighted by molar-refractivity contribution is 5.84. The largest absolute Gasteiger partial charge is 0.719 e. The van der Waals surface area contributed by atoms with Crippen LogP contribution >= 0.6 is 0 Å². The van der Waals surface area contributed by atoms with Gasteiger partial charge in [0.15, 0.2) is 0 Å². The third-order valence-electron chi connectivity index (χ3n) is 1.44. The van der Waals surface area contributed by atoms with Crippen LogP contribution in [0.5, 0.6) is 0 Å². The van der Waals surface area contributed by atoms with Gasteiger partial charge in [0.05, 0.1) is 17.0 Å². The molecule has 1 heterocycles. The topological polar surface area (TPSA) is 99.1 Å². The van der Waals surface area contributed by atoms with Gasteiger partial charge in [-0.25, -0.2) is 5.28 Å². The molecule has 66 valence electrons. The highest BCUT2D eigenvalue weighted by Gasteiger charge is 2.17. The zero-order chi connectivity index (χ0) is 9.14. The first-order valence-corrected chi connectivity index (χ1v) is 3.16. The van der Waals surface area contributed by atoms with E-state index in [9.17, 15) is 20.0 Å². The monoisotopic (exact) mass is 171 g/mol. The highest BCUT2D eigenvalue weighted by Crippen LogP contribution is 2.16. The third-order valence-corrected chi connectivity index (χ3v) is 1.44. The van der Waals surface area contributed by atoms with Crippen molar-refractivity contribution >= 4 is 5.97 Å². The summed E-state index contributed by atoms with van der Waals surface area (Å²) in [5.74, 6) is -1.49. The van der Waals surface area contributed by atoms with Crippen LogP contribution in [-0.4, -0.2) is 22.8 Å². The highest BCUT2D eigenvalue weighted by atomic mass is 16.6. The number of hydrazine groups is 1. The molecule has 0 saturated heterocycles. The maximum atomic E-state index is 10.6. The molecule has 0 aliphatic carbocycles. The lowest BCUT2D eigenvalue weighted by Gasteiger charge is -2.34. The van der Waals surface area contributed by atoms with Gasteiger partial charge in [-0.1, -0.05) is 6.08 Å². The van der Waals surface area contributed by atoms with Gasteiger partial charge >= 0.3 is 0 Å². The molecular formula is C5H5N3O4-2. The Morgan fingerprint density at radius 2 is 2.42 bits per heavy atom. The van der Waals surface area contributed by atoms with Gasteiger partial charge in [-0.2, -0.15) is 0 Å². The van der Waals surface area contributed by atoms with E-state index in [1.807, 2.05) is 5.29 Å². The van der Waals surface area contributed by atoms with E-state index in [1.54, 1.807) is 0 Å². The Morgan fingerprint density at radius 3 is 2.92 bits per heavy atom. The maximum Gasteiger partial charge on any atom is 0.0892 e. The first-order chi connectivity index (χ1) is 5.66. The van der Waals surface area contributed by atoms with Crippen LogP contribution < -0.4 is 5.11 Å². The standard InChI is InChI=1S/C5H6N3O4/c9-5(10)4-2-1-3-7(4)8(12)6-11/h2H,1,3H2,(H,9,10)/q-1/p-1. The quantitative estimate of drug-likeness (QED) is 0.387. The molecule has 0 amide bonds.